The minimum Gasteiger partial charge on any atom is -0.356 e. The predicted molar refractivity (Wildman–Crippen MR) is 130 cm³/mol. The van der Waals surface area contributed by atoms with E-state index in [1.165, 1.54) is 16.7 Å². The van der Waals surface area contributed by atoms with E-state index in [2.05, 4.69) is 46.8 Å². The van der Waals surface area contributed by atoms with Crippen molar-refractivity contribution in [1.82, 2.24) is 15.5 Å². The van der Waals surface area contributed by atoms with E-state index in [4.69, 9.17) is 0 Å². The summed E-state index contributed by atoms with van der Waals surface area (Å²) in [7, 11) is 1.78. The second-order valence-electron chi connectivity index (χ2n) is 7.38. The highest BCUT2D eigenvalue weighted by Gasteiger charge is 2.29. The van der Waals surface area contributed by atoms with Gasteiger partial charge in [0.25, 0.3) is 0 Å². The normalized spacial score (nSPS) is 16.5. The molecule has 3 rings (SSSR count). The number of aryl methyl sites for hydroxylation is 1. The molecule has 0 aliphatic carbocycles. The summed E-state index contributed by atoms with van der Waals surface area (Å²) in [6.45, 7) is 5.20. The van der Waals surface area contributed by atoms with Crippen molar-refractivity contribution in [2.45, 2.75) is 26.3 Å². The first kappa shape index (κ1) is 23.2. The first-order valence-electron chi connectivity index (χ1n) is 9.96. The molecule has 29 heavy (non-hydrogen) atoms. The molecule has 2 N–H and O–H groups in total. The van der Waals surface area contributed by atoms with Crippen LogP contribution in [-0.4, -0.2) is 43.4 Å². The molecule has 0 bridgehead atoms. The van der Waals surface area contributed by atoms with Crippen molar-refractivity contribution >= 4 is 35.8 Å². The summed E-state index contributed by atoms with van der Waals surface area (Å²) < 4.78 is 0. The third-order valence-electron chi connectivity index (χ3n) is 5.30. The summed E-state index contributed by atoms with van der Waals surface area (Å²) in [5.41, 5.74) is 3.80. The molecule has 1 aliphatic heterocycles. The Labute approximate surface area is 191 Å². The Morgan fingerprint density at radius 2 is 1.83 bits per heavy atom. The zero-order chi connectivity index (χ0) is 19.8. The van der Waals surface area contributed by atoms with Crippen LogP contribution in [0.25, 0.3) is 0 Å². The zero-order valence-electron chi connectivity index (χ0n) is 17.2. The molecule has 0 spiro atoms. The topological polar surface area (TPSA) is 56.7 Å². The summed E-state index contributed by atoms with van der Waals surface area (Å²) in [6.07, 6.45) is 1.52. The number of hydrogen-bond acceptors (Lipinski definition) is 2. The van der Waals surface area contributed by atoms with Crippen molar-refractivity contribution in [3.05, 3.63) is 71.3 Å². The SMILES string of the molecule is CN=C(NCc1ccccc1C)NCC1CC(=O)N(CCc2ccccc2)C1.I. The van der Waals surface area contributed by atoms with Crippen LogP contribution < -0.4 is 10.6 Å². The standard InChI is InChI=1S/C23H30N4O.HI/c1-18-8-6-7-11-21(18)16-26-23(24-2)25-15-20-14-22(28)27(17-20)13-12-19-9-4-3-5-10-19;/h3-11,20H,12-17H2,1-2H3,(H2,24,25,26);1H. The molecule has 1 saturated heterocycles. The van der Waals surface area contributed by atoms with Crippen LogP contribution in [0.2, 0.25) is 0 Å². The lowest BCUT2D eigenvalue weighted by Crippen LogP contribution is -2.40. The van der Waals surface area contributed by atoms with Gasteiger partial charge < -0.3 is 15.5 Å². The van der Waals surface area contributed by atoms with E-state index in [0.29, 0.717) is 12.3 Å². The average Bonchev–Trinajstić information content (AvgIpc) is 3.08. The van der Waals surface area contributed by atoms with Gasteiger partial charge in [0.1, 0.15) is 0 Å². The lowest BCUT2D eigenvalue weighted by atomic mass is 10.1. The van der Waals surface area contributed by atoms with Crippen LogP contribution in [0.15, 0.2) is 59.6 Å². The largest absolute Gasteiger partial charge is 0.356 e. The molecular formula is C23H31IN4O. The van der Waals surface area contributed by atoms with Gasteiger partial charge in [0.05, 0.1) is 0 Å². The minimum absolute atomic E-state index is 0. The second kappa shape index (κ2) is 11.8. The number of halogens is 1. The number of carbonyl (C=O) groups excluding carboxylic acids is 1. The molecule has 1 amide bonds. The van der Waals surface area contributed by atoms with Gasteiger partial charge >= 0.3 is 0 Å². The predicted octanol–water partition coefficient (Wildman–Crippen LogP) is 3.37. The summed E-state index contributed by atoms with van der Waals surface area (Å²) in [5, 5.41) is 6.74. The van der Waals surface area contributed by atoms with Crippen LogP contribution in [0.5, 0.6) is 0 Å². The third kappa shape index (κ3) is 7.03. The maximum absolute atomic E-state index is 12.3. The van der Waals surface area contributed by atoms with Crippen molar-refractivity contribution in [3.63, 3.8) is 0 Å². The Bertz CT molecular complexity index is 810. The van der Waals surface area contributed by atoms with E-state index in [-0.39, 0.29) is 29.9 Å². The van der Waals surface area contributed by atoms with Crippen LogP contribution in [0.1, 0.15) is 23.1 Å². The molecule has 0 aromatic heterocycles. The van der Waals surface area contributed by atoms with Gasteiger partial charge in [0.2, 0.25) is 5.91 Å². The number of amides is 1. The van der Waals surface area contributed by atoms with Crippen LogP contribution in [-0.2, 0) is 17.8 Å². The quantitative estimate of drug-likeness (QED) is 0.344. The highest BCUT2D eigenvalue weighted by atomic mass is 127. The van der Waals surface area contributed by atoms with E-state index >= 15 is 0 Å². The highest BCUT2D eigenvalue weighted by molar-refractivity contribution is 14.0. The van der Waals surface area contributed by atoms with E-state index in [1.54, 1.807) is 7.05 Å². The van der Waals surface area contributed by atoms with Crippen LogP contribution in [0.4, 0.5) is 0 Å². The summed E-state index contributed by atoms with van der Waals surface area (Å²) >= 11 is 0. The molecule has 1 heterocycles. The van der Waals surface area contributed by atoms with E-state index in [1.807, 2.05) is 35.2 Å². The van der Waals surface area contributed by atoms with Gasteiger partial charge in [-0.3, -0.25) is 9.79 Å². The van der Waals surface area contributed by atoms with Crippen molar-refractivity contribution in [1.29, 1.82) is 0 Å². The molecule has 0 radical (unpaired) electrons. The number of likely N-dealkylation sites (tertiary alicyclic amines) is 1. The molecule has 1 unspecified atom stereocenters. The molecule has 1 atom stereocenters. The summed E-state index contributed by atoms with van der Waals surface area (Å²) in [6, 6.07) is 18.7. The monoisotopic (exact) mass is 506 g/mol. The maximum Gasteiger partial charge on any atom is 0.223 e. The fourth-order valence-electron chi connectivity index (χ4n) is 3.56. The van der Waals surface area contributed by atoms with E-state index in [9.17, 15) is 4.79 Å². The molecular weight excluding hydrogens is 475 g/mol. The molecule has 6 heteroatoms. The van der Waals surface area contributed by atoms with Crippen LogP contribution in [0.3, 0.4) is 0 Å². The molecule has 2 aromatic carbocycles. The number of nitrogens with zero attached hydrogens (tertiary/aromatic N) is 2. The Morgan fingerprint density at radius 1 is 1.10 bits per heavy atom. The molecule has 2 aromatic rings. The number of aliphatic imine (C=N–C) groups is 1. The lowest BCUT2D eigenvalue weighted by molar-refractivity contribution is -0.127. The number of hydrogen-bond donors (Lipinski definition) is 2. The highest BCUT2D eigenvalue weighted by Crippen LogP contribution is 2.17. The van der Waals surface area contributed by atoms with Gasteiger partial charge in [-0.2, -0.15) is 0 Å². The van der Waals surface area contributed by atoms with Crippen molar-refractivity contribution < 1.29 is 4.79 Å². The number of rotatable bonds is 7. The van der Waals surface area contributed by atoms with E-state index < -0.39 is 0 Å². The van der Waals surface area contributed by atoms with Crippen LogP contribution >= 0.6 is 24.0 Å². The van der Waals surface area contributed by atoms with Gasteiger partial charge in [-0.25, -0.2) is 0 Å². The number of benzene rings is 2. The number of guanidine groups is 1. The Kier molecular flexibility index (Phi) is 9.44. The van der Waals surface area contributed by atoms with Gasteiger partial charge in [0.15, 0.2) is 5.96 Å². The Hall–Kier alpha value is -2.09. The van der Waals surface area contributed by atoms with E-state index in [0.717, 1.165) is 38.6 Å². The molecule has 1 fully saturated rings. The smallest absolute Gasteiger partial charge is 0.223 e. The third-order valence-corrected chi connectivity index (χ3v) is 5.30. The zero-order valence-corrected chi connectivity index (χ0v) is 19.6. The molecule has 156 valence electrons. The fourth-order valence-corrected chi connectivity index (χ4v) is 3.56. The fraction of sp³-hybridized carbons (Fsp3) is 0.391. The number of carbonyl (C=O) groups is 1. The molecule has 5 nitrogen and oxygen atoms in total. The van der Waals surface area contributed by atoms with Crippen molar-refractivity contribution in [2.24, 2.45) is 10.9 Å². The van der Waals surface area contributed by atoms with Crippen LogP contribution in [0, 0.1) is 12.8 Å². The minimum atomic E-state index is 0. The first-order chi connectivity index (χ1) is 13.7. The summed E-state index contributed by atoms with van der Waals surface area (Å²) in [4.78, 5) is 18.6. The average molecular weight is 506 g/mol. The Morgan fingerprint density at radius 3 is 2.55 bits per heavy atom. The molecule has 1 aliphatic rings. The summed E-state index contributed by atoms with van der Waals surface area (Å²) in [5.74, 6) is 1.35. The van der Waals surface area contributed by atoms with Gasteiger partial charge in [-0.05, 0) is 30.0 Å². The van der Waals surface area contributed by atoms with Gasteiger partial charge in [-0.1, -0.05) is 54.6 Å². The molecule has 0 saturated carbocycles. The number of nitrogens with one attached hydrogen (secondary N) is 2. The van der Waals surface area contributed by atoms with Gasteiger partial charge in [-0.15, -0.1) is 24.0 Å². The van der Waals surface area contributed by atoms with Gasteiger partial charge in [0, 0.05) is 45.6 Å². The van der Waals surface area contributed by atoms with Crippen molar-refractivity contribution in [2.75, 3.05) is 26.7 Å². The lowest BCUT2D eigenvalue weighted by Gasteiger charge is -2.18. The first-order valence-corrected chi connectivity index (χ1v) is 9.96. The second-order valence-corrected chi connectivity index (χ2v) is 7.38. The maximum atomic E-state index is 12.3. The Balaban J connectivity index is 0.00000300. The van der Waals surface area contributed by atoms with Crippen molar-refractivity contribution in [3.8, 4) is 0 Å².